The zero-order chi connectivity index (χ0) is 27.8. The molecule has 0 aromatic rings. The molecule has 1 saturated heterocycles. The predicted octanol–water partition coefficient (Wildman–Crippen LogP) is 3.36. The fourth-order valence-electron chi connectivity index (χ4n) is 4.14. The first-order valence-electron chi connectivity index (χ1n) is 13.7. The average molecular weight is 539 g/mol. The van der Waals surface area contributed by atoms with E-state index in [0.717, 1.165) is 32.1 Å². The van der Waals surface area contributed by atoms with Crippen molar-refractivity contribution in [3.63, 3.8) is 0 Å². The number of nitrogens with two attached hydrogens (primary N) is 1. The fraction of sp³-hybridized carbons (Fsp3) is 0.923. The Kier molecular flexibility index (Phi) is 16.3. The molecule has 3 N–H and O–H groups in total. The van der Waals surface area contributed by atoms with Crippen LogP contribution >= 0.6 is 0 Å². The molecule has 0 aromatic carbocycles. The van der Waals surface area contributed by atoms with E-state index >= 15 is 8.78 Å². The maximum absolute atomic E-state index is 15.8. The minimum absolute atomic E-state index is 0.0216. The largest absolute Gasteiger partial charge is 0.465 e. The van der Waals surface area contributed by atoms with Crippen LogP contribution in [0.4, 0.5) is 8.78 Å². The minimum atomic E-state index is -3.60. The normalized spacial score (nSPS) is 25.0. The summed E-state index contributed by atoms with van der Waals surface area (Å²) in [6, 6.07) is -2.80. The van der Waals surface area contributed by atoms with Crippen molar-refractivity contribution in [2.75, 3.05) is 33.0 Å². The summed E-state index contributed by atoms with van der Waals surface area (Å²) in [4.78, 5) is 24.1. The van der Waals surface area contributed by atoms with E-state index < -0.39 is 60.7 Å². The van der Waals surface area contributed by atoms with E-state index in [9.17, 15) is 9.59 Å². The van der Waals surface area contributed by atoms with Gasteiger partial charge in [-0.1, -0.05) is 40.0 Å². The Hall–Kier alpha value is -1.40. The maximum Gasteiger partial charge on any atom is 0.323 e. The Morgan fingerprint density at radius 2 is 1.54 bits per heavy atom. The Bertz CT molecular complexity index is 656. The smallest absolute Gasteiger partial charge is 0.323 e. The van der Waals surface area contributed by atoms with E-state index in [0.29, 0.717) is 26.2 Å². The number of amides is 1. The van der Waals surface area contributed by atoms with Gasteiger partial charge in [-0.25, -0.2) is 8.78 Å². The van der Waals surface area contributed by atoms with Crippen molar-refractivity contribution in [3.05, 3.63) is 0 Å². The lowest BCUT2D eigenvalue weighted by molar-refractivity contribution is -0.271. The number of unbranched alkanes of at least 4 members (excludes halogenated alkanes) is 3. The summed E-state index contributed by atoms with van der Waals surface area (Å²) in [5, 5.41) is 2.61. The van der Waals surface area contributed by atoms with Gasteiger partial charge in [0.15, 0.2) is 0 Å². The van der Waals surface area contributed by atoms with Crippen LogP contribution in [0.3, 0.4) is 0 Å². The Morgan fingerprint density at radius 3 is 2.08 bits per heavy atom. The molecule has 0 bridgehead atoms. The Labute approximate surface area is 220 Å². The van der Waals surface area contributed by atoms with Gasteiger partial charge in [0.2, 0.25) is 5.91 Å². The highest BCUT2D eigenvalue weighted by atomic mass is 19.3. The standard InChI is InChI=1S/C26H48F2N2O7/c1-6-10-13-33-17-20-22(35-14-11-7-2)23(36-15-12-8-3)21(30-18(5)31)24(37-20)26(27,28)16-19(29)25(32)34-9-4/h19-24H,6-17,29H2,1-5H3,(H,30,31)/t19?,20-,21-,22+,23-,24+/m1/s1. The molecule has 0 aromatic heterocycles. The second kappa shape index (κ2) is 18.0. The third-order valence-corrected chi connectivity index (χ3v) is 6.10. The number of ether oxygens (including phenoxy) is 5. The summed E-state index contributed by atoms with van der Waals surface area (Å²) >= 11 is 0. The van der Waals surface area contributed by atoms with Crippen molar-refractivity contribution in [1.82, 2.24) is 5.32 Å². The summed E-state index contributed by atoms with van der Waals surface area (Å²) in [6.45, 7) is 10.0. The number of rotatable bonds is 19. The van der Waals surface area contributed by atoms with Crippen LogP contribution in [0.2, 0.25) is 0 Å². The number of alkyl halides is 2. The van der Waals surface area contributed by atoms with Crippen LogP contribution in [0.5, 0.6) is 0 Å². The molecule has 1 aliphatic rings. The number of carbonyl (C=O) groups excluding carboxylic acids is 2. The second-order valence-corrected chi connectivity index (χ2v) is 9.45. The average Bonchev–Trinajstić information content (AvgIpc) is 2.83. The molecule has 218 valence electrons. The zero-order valence-corrected chi connectivity index (χ0v) is 23.1. The van der Waals surface area contributed by atoms with Crippen LogP contribution in [-0.2, 0) is 33.3 Å². The molecule has 9 nitrogen and oxygen atoms in total. The quantitative estimate of drug-likeness (QED) is 0.190. The molecule has 1 unspecified atom stereocenters. The Balaban J connectivity index is 3.36. The van der Waals surface area contributed by atoms with Crippen molar-refractivity contribution in [3.8, 4) is 0 Å². The van der Waals surface area contributed by atoms with E-state index in [2.05, 4.69) is 5.32 Å². The van der Waals surface area contributed by atoms with Gasteiger partial charge in [-0.3, -0.25) is 9.59 Å². The summed E-state index contributed by atoms with van der Waals surface area (Å²) in [6.07, 6.45) is -0.453. The predicted molar refractivity (Wildman–Crippen MR) is 135 cm³/mol. The zero-order valence-electron chi connectivity index (χ0n) is 23.1. The summed E-state index contributed by atoms with van der Waals surface area (Å²) < 4.78 is 60.3. The van der Waals surface area contributed by atoms with E-state index in [1.54, 1.807) is 6.92 Å². The van der Waals surface area contributed by atoms with Crippen molar-refractivity contribution in [2.24, 2.45) is 5.73 Å². The van der Waals surface area contributed by atoms with Gasteiger partial charge in [0.25, 0.3) is 5.92 Å². The van der Waals surface area contributed by atoms with Gasteiger partial charge in [-0.15, -0.1) is 0 Å². The molecule has 6 atom stereocenters. The van der Waals surface area contributed by atoms with Gasteiger partial charge in [-0.05, 0) is 26.2 Å². The topological polar surface area (TPSA) is 118 Å². The summed E-state index contributed by atoms with van der Waals surface area (Å²) in [5.41, 5.74) is 5.75. The minimum Gasteiger partial charge on any atom is -0.465 e. The van der Waals surface area contributed by atoms with E-state index in [1.807, 2.05) is 20.8 Å². The monoisotopic (exact) mass is 538 g/mol. The van der Waals surface area contributed by atoms with Crippen LogP contribution in [0.25, 0.3) is 0 Å². The summed E-state index contributed by atoms with van der Waals surface area (Å²) in [7, 11) is 0. The Morgan fingerprint density at radius 1 is 0.973 bits per heavy atom. The second-order valence-electron chi connectivity index (χ2n) is 9.45. The van der Waals surface area contributed by atoms with Crippen LogP contribution in [0.15, 0.2) is 0 Å². The molecule has 1 aliphatic heterocycles. The van der Waals surface area contributed by atoms with Crippen LogP contribution in [0, 0.1) is 0 Å². The number of nitrogens with one attached hydrogen (secondary N) is 1. The van der Waals surface area contributed by atoms with E-state index in [1.165, 1.54) is 6.92 Å². The lowest BCUT2D eigenvalue weighted by atomic mass is 9.87. The molecule has 0 spiro atoms. The van der Waals surface area contributed by atoms with Gasteiger partial charge in [0.05, 0.1) is 19.3 Å². The van der Waals surface area contributed by atoms with Crippen molar-refractivity contribution in [2.45, 2.75) is 122 Å². The first-order chi connectivity index (χ1) is 17.6. The van der Waals surface area contributed by atoms with Gasteiger partial charge in [-0.2, -0.15) is 0 Å². The van der Waals surface area contributed by atoms with Crippen molar-refractivity contribution < 1.29 is 42.1 Å². The number of hydrogen-bond donors (Lipinski definition) is 2. The molecule has 0 saturated carbocycles. The highest BCUT2D eigenvalue weighted by Gasteiger charge is 2.57. The lowest BCUT2D eigenvalue weighted by Gasteiger charge is -2.48. The van der Waals surface area contributed by atoms with Gasteiger partial charge in [0.1, 0.15) is 30.5 Å². The van der Waals surface area contributed by atoms with E-state index in [4.69, 9.17) is 29.4 Å². The molecule has 1 amide bonds. The van der Waals surface area contributed by atoms with E-state index in [-0.39, 0.29) is 13.2 Å². The third kappa shape index (κ3) is 11.5. The first kappa shape index (κ1) is 33.6. The number of halogens is 2. The highest BCUT2D eigenvalue weighted by Crippen LogP contribution is 2.37. The molecule has 1 heterocycles. The molecule has 1 fully saturated rings. The SMILES string of the molecule is CCCCOC[C@H]1O[C@H](C(F)(F)CC(N)C(=O)OCC)[C@H](NC(C)=O)[C@@H](OCCCC)[C@H]1OCCCC. The lowest BCUT2D eigenvalue weighted by Crippen LogP contribution is -2.69. The van der Waals surface area contributed by atoms with Crippen molar-refractivity contribution >= 4 is 11.9 Å². The number of esters is 1. The van der Waals surface area contributed by atoms with Crippen LogP contribution in [0.1, 0.15) is 79.6 Å². The van der Waals surface area contributed by atoms with Crippen LogP contribution in [-0.4, -0.2) is 87.3 Å². The molecule has 0 aliphatic carbocycles. The first-order valence-corrected chi connectivity index (χ1v) is 13.7. The van der Waals surface area contributed by atoms with Crippen LogP contribution < -0.4 is 11.1 Å². The molecule has 0 radical (unpaired) electrons. The fourth-order valence-corrected chi connectivity index (χ4v) is 4.14. The van der Waals surface area contributed by atoms with Gasteiger partial charge >= 0.3 is 5.97 Å². The number of hydrogen-bond acceptors (Lipinski definition) is 8. The molecule has 11 heteroatoms. The van der Waals surface area contributed by atoms with Crippen molar-refractivity contribution in [1.29, 1.82) is 0 Å². The molecule has 1 rings (SSSR count). The summed E-state index contributed by atoms with van der Waals surface area (Å²) in [5.74, 6) is -5.04. The third-order valence-electron chi connectivity index (χ3n) is 6.10. The molecular weight excluding hydrogens is 490 g/mol. The van der Waals surface area contributed by atoms with Gasteiger partial charge < -0.3 is 34.7 Å². The number of carbonyl (C=O) groups is 2. The maximum atomic E-state index is 15.8. The highest BCUT2D eigenvalue weighted by molar-refractivity contribution is 5.75. The molecule has 37 heavy (non-hydrogen) atoms. The molecular formula is C26H48F2N2O7. The van der Waals surface area contributed by atoms with Gasteiger partial charge in [0, 0.05) is 33.2 Å².